The zero-order valence-electron chi connectivity index (χ0n) is 7.78. The predicted octanol–water partition coefficient (Wildman–Crippen LogP) is 1.39. The molecule has 0 fully saturated rings. The Morgan fingerprint density at radius 1 is 1.38 bits per heavy atom. The summed E-state index contributed by atoms with van der Waals surface area (Å²) in [4.78, 5) is 0. The average Bonchev–Trinajstić information content (AvgIpc) is 2.01. The van der Waals surface area contributed by atoms with Gasteiger partial charge in [-0.25, -0.2) is 4.18 Å². The van der Waals surface area contributed by atoms with Crippen LogP contribution in [0, 0.1) is 11.8 Å². The molecule has 13 heavy (non-hydrogen) atoms. The molecule has 0 aliphatic heterocycles. The molecule has 0 aliphatic carbocycles. The molecule has 0 aliphatic rings. The summed E-state index contributed by atoms with van der Waals surface area (Å²) in [6.45, 7) is 3.67. The summed E-state index contributed by atoms with van der Waals surface area (Å²) in [6, 6.07) is 0. The van der Waals surface area contributed by atoms with Crippen molar-refractivity contribution in [2.75, 3.05) is 0 Å². The van der Waals surface area contributed by atoms with E-state index in [0.717, 1.165) is 6.42 Å². The molecule has 0 aromatic carbocycles. The van der Waals surface area contributed by atoms with Gasteiger partial charge in [-0.2, -0.15) is 8.42 Å². The van der Waals surface area contributed by atoms with Crippen molar-refractivity contribution in [3.05, 3.63) is 0 Å². The van der Waals surface area contributed by atoms with Gasteiger partial charge in [0.05, 0.1) is 6.10 Å². The normalized spacial score (nSPS) is 13.2. The molecular formula is C8H14O4S. The summed E-state index contributed by atoms with van der Waals surface area (Å²) in [7, 11) is -4.34. The number of rotatable bonds is 4. The van der Waals surface area contributed by atoms with Crippen LogP contribution in [0.25, 0.3) is 0 Å². The van der Waals surface area contributed by atoms with E-state index in [2.05, 4.69) is 16.0 Å². The molecule has 1 N–H and O–H groups in total. The fourth-order valence-electron chi connectivity index (χ4n) is 0.729. The third-order valence-electron chi connectivity index (χ3n) is 1.34. The Labute approximate surface area is 79.2 Å². The fourth-order valence-corrected chi connectivity index (χ4v) is 1.28. The van der Waals surface area contributed by atoms with Gasteiger partial charge in [0.1, 0.15) is 0 Å². The maximum absolute atomic E-state index is 10.3. The highest BCUT2D eigenvalue weighted by Crippen LogP contribution is 2.05. The van der Waals surface area contributed by atoms with Gasteiger partial charge in [-0.3, -0.25) is 4.55 Å². The van der Waals surface area contributed by atoms with Crippen molar-refractivity contribution < 1.29 is 17.2 Å². The molecule has 76 valence electrons. The Balaban J connectivity index is 4.05. The van der Waals surface area contributed by atoms with Crippen LogP contribution >= 0.6 is 0 Å². The predicted molar refractivity (Wildman–Crippen MR) is 49.4 cm³/mol. The summed E-state index contributed by atoms with van der Waals surface area (Å²) < 4.78 is 33.4. The summed E-state index contributed by atoms with van der Waals surface area (Å²) in [5.41, 5.74) is 0. The van der Waals surface area contributed by atoms with Gasteiger partial charge < -0.3 is 0 Å². The largest absolute Gasteiger partial charge is 0.397 e. The quantitative estimate of drug-likeness (QED) is 0.557. The lowest BCUT2D eigenvalue weighted by molar-refractivity contribution is 0.182. The summed E-state index contributed by atoms with van der Waals surface area (Å²) in [6.07, 6.45) is 0.999. The van der Waals surface area contributed by atoms with Gasteiger partial charge in [-0.05, 0) is 6.42 Å². The van der Waals surface area contributed by atoms with Gasteiger partial charge in [0.25, 0.3) is 0 Å². The topological polar surface area (TPSA) is 63.6 Å². The van der Waals surface area contributed by atoms with Crippen molar-refractivity contribution in [2.45, 2.75) is 39.2 Å². The van der Waals surface area contributed by atoms with Gasteiger partial charge in [0.15, 0.2) is 0 Å². The van der Waals surface area contributed by atoms with Gasteiger partial charge in [-0.15, -0.1) is 11.8 Å². The minimum absolute atomic E-state index is 0.324. The van der Waals surface area contributed by atoms with Crippen LogP contribution in [0.1, 0.15) is 33.1 Å². The first kappa shape index (κ1) is 12.4. The van der Waals surface area contributed by atoms with Crippen molar-refractivity contribution in [3.8, 4) is 11.8 Å². The molecule has 0 aromatic rings. The zero-order chi connectivity index (χ0) is 10.3. The Hall–Kier alpha value is -0.570. The highest BCUT2D eigenvalue weighted by atomic mass is 32.3. The van der Waals surface area contributed by atoms with Crippen LogP contribution in [0.4, 0.5) is 0 Å². The smallest absolute Gasteiger partial charge is 0.264 e. The van der Waals surface area contributed by atoms with Crippen molar-refractivity contribution in [1.82, 2.24) is 0 Å². The first-order valence-electron chi connectivity index (χ1n) is 4.11. The van der Waals surface area contributed by atoms with Crippen LogP contribution in [0.15, 0.2) is 0 Å². The minimum Gasteiger partial charge on any atom is -0.264 e. The van der Waals surface area contributed by atoms with Crippen LogP contribution in [0.5, 0.6) is 0 Å². The molecule has 4 nitrogen and oxygen atoms in total. The molecule has 0 rings (SSSR count). The molecule has 0 saturated carbocycles. The second kappa shape index (κ2) is 5.97. The van der Waals surface area contributed by atoms with Crippen LogP contribution in [-0.4, -0.2) is 19.1 Å². The molecular weight excluding hydrogens is 192 g/mol. The van der Waals surface area contributed by atoms with Crippen molar-refractivity contribution in [3.63, 3.8) is 0 Å². The minimum atomic E-state index is -4.34. The molecule has 1 atom stereocenters. The second-order valence-corrected chi connectivity index (χ2v) is 3.51. The monoisotopic (exact) mass is 206 g/mol. The van der Waals surface area contributed by atoms with E-state index in [-0.39, 0.29) is 0 Å². The summed E-state index contributed by atoms with van der Waals surface area (Å²) in [5, 5.41) is 0. The average molecular weight is 206 g/mol. The molecule has 5 heteroatoms. The van der Waals surface area contributed by atoms with Gasteiger partial charge in [0.2, 0.25) is 0 Å². The van der Waals surface area contributed by atoms with E-state index in [9.17, 15) is 8.42 Å². The lowest BCUT2D eigenvalue weighted by Gasteiger charge is -2.08. The molecule has 0 amide bonds. The molecule has 0 spiro atoms. The van der Waals surface area contributed by atoms with E-state index < -0.39 is 16.5 Å². The van der Waals surface area contributed by atoms with E-state index in [1.165, 1.54) is 0 Å². The molecule has 0 heterocycles. The lowest BCUT2D eigenvalue weighted by Crippen LogP contribution is -2.16. The Morgan fingerprint density at radius 3 is 2.38 bits per heavy atom. The van der Waals surface area contributed by atoms with Gasteiger partial charge >= 0.3 is 10.4 Å². The van der Waals surface area contributed by atoms with Crippen LogP contribution in [0.3, 0.4) is 0 Å². The van der Waals surface area contributed by atoms with Gasteiger partial charge in [-0.1, -0.05) is 13.8 Å². The maximum Gasteiger partial charge on any atom is 0.397 e. The van der Waals surface area contributed by atoms with E-state index in [1.807, 2.05) is 6.92 Å². The summed E-state index contributed by atoms with van der Waals surface area (Å²) in [5.74, 6) is 5.55. The highest BCUT2D eigenvalue weighted by Gasteiger charge is 2.13. The molecule has 1 unspecified atom stereocenters. The third kappa shape index (κ3) is 7.78. The lowest BCUT2D eigenvalue weighted by atomic mass is 10.2. The van der Waals surface area contributed by atoms with E-state index in [4.69, 9.17) is 4.55 Å². The molecule has 0 radical (unpaired) electrons. The first-order chi connectivity index (χ1) is 5.99. The van der Waals surface area contributed by atoms with Crippen molar-refractivity contribution in [1.29, 1.82) is 0 Å². The second-order valence-electron chi connectivity index (χ2n) is 2.47. The Kier molecular flexibility index (Phi) is 5.71. The zero-order valence-corrected chi connectivity index (χ0v) is 8.60. The summed E-state index contributed by atoms with van der Waals surface area (Å²) >= 11 is 0. The standard InChI is InChI=1S/C8H14O4S/c1-3-5-6-7-8(4-2)12-13(9,10)11/h8H,3-4,7H2,1-2H3,(H,9,10,11). The van der Waals surface area contributed by atoms with E-state index in [0.29, 0.717) is 12.8 Å². The van der Waals surface area contributed by atoms with Crippen molar-refractivity contribution in [2.24, 2.45) is 0 Å². The van der Waals surface area contributed by atoms with Crippen LogP contribution in [0.2, 0.25) is 0 Å². The SMILES string of the molecule is CCC#CCC(CC)OS(=O)(=O)O. The highest BCUT2D eigenvalue weighted by molar-refractivity contribution is 7.80. The van der Waals surface area contributed by atoms with Crippen LogP contribution < -0.4 is 0 Å². The van der Waals surface area contributed by atoms with Crippen LogP contribution in [-0.2, 0) is 14.6 Å². The molecule has 0 bridgehead atoms. The van der Waals surface area contributed by atoms with Crippen molar-refractivity contribution >= 4 is 10.4 Å². The Bertz CT molecular complexity index is 283. The van der Waals surface area contributed by atoms with E-state index in [1.54, 1.807) is 6.92 Å². The number of hydrogen-bond donors (Lipinski definition) is 1. The molecule has 0 aromatic heterocycles. The number of hydrogen-bond acceptors (Lipinski definition) is 3. The maximum atomic E-state index is 10.3. The fraction of sp³-hybridized carbons (Fsp3) is 0.750. The molecule has 0 saturated heterocycles. The third-order valence-corrected chi connectivity index (χ3v) is 1.86. The Morgan fingerprint density at radius 2 is 2.00 bits per heavy atom. The first-order valence-corrected chi connectivity index (χ1v) is 5.47. The van der Waals surface area contributed by atoms with E-state index >= 15 is 0 Å². The van der Waals surface area contributed by atoms with Gasteiger partial charge in [0, 0.05) is 12.8 Å².